The van der Waals surface area contributed by atoms with Crippen LogP contribution in [0.3, 0.4) is 0 Å². The van der Waals surface area contributed by atoms with E-state index in [4.69, 9.17) is 4.74 Å². The van der Waals surface area contributed by atoms with Gasteiger partial charge in [0.15, 0.2) is 0 Å². The van der Waals surface area contributed by atoms with E-state index in [9.17, 15) is 4.79 Å². The van der Waals surface area contributed by atoms with E-state index in [0.717, 1.165) is 19.3 Å². The van der Waals surface area contributed by atoms with Gasteiger partial charge in [0.2, 0.25) is 0 Å². The lowest BCUT2D eigenvalue weighted by molar-refractivity contribution is -0.154. The van der Waals surface area contributed by atoms with E-state index in [0.29, 0.717) is 6.42 Å². The molecule has 1 rings (SSSR count). The Bertz CT molecular complexity index is 322. The highest BCUT2D eigenvalue weighted by molar-refractivity contribution is 5.70. The molecule has 0 spiro atoms. The molecule has 1 atom stereocenters. The first-order valence-corrected chi connectivity index (χ1v) is 10.7. The lowest BCUT2D eigenvalue weighted by Gasteiger charge is -2.21. The lowest BCUT2D eigenvalue weighted by atomic mass is 10.0. The number of hydrogen-bond donors (Lipinski definition) is 0. The van der Waals surface area contributed by atoms with E-state index < -0.39 is 0 Å². The average molecular weight is 337 g/mol. The van der Waals surface area contributed by atoms with E-state index in [2.05, 4.69) is 19.1 Å². The molecule has 0 aromatic rings. The molecular formula is C22H40O2. The number of ether oxygens (including phenoxy) is 1. The molecule has 0 aliphatic carbocycles. The molecule has 0 amide bonds. The molecule has 0 aromatic carbocycles. The van der Waals surface area contributed by atoms with Gasteiger partial charge in [-0.15, -0.1) is 0 Å². The second kappa shape index (κ2) is 15.7. The van der Waals surface area contributed by atoms with Gasteiger partial charge in [0.1, 0.15) is 6.10 Å². The van der Waals surface area contributed by atoms with Gasteiger partial charge in [-0.25, -0.2) is 0 Å². The maximum Gasteiger partial charge on any atom is 0.306 e. The molecule has 1 fully saturated rings. The summed E-state index contributed by atoms with van der Waals surface area (Å²) < 4.78 is 5.36. The van der Waals surface area contributed by atoms with Gasteiger partial charge in [-0.05, 0) is 51.4 Å². The van der Waals surface area contributed by atoms with Crippen LogP contribution in [0.15, 0.2) is 12.2 Å². The van der Waals surface area contributed by atoms with E-state index in [-0.39, 0.29) is 12.1 Å². The predicted octanol–water partition coefficient (Wildman–Crippen LogP) is 7.12. The first kappa shape index (κ1) is 21.3. The summed E-state index contributed by atoms with van der Waals surface area (Å²) >= 11 is 0. The normalized spacial score (nSPS) is 18.2. The van der Waals surface area contributed by atoms with Crippen LogP contribution in [0.1, 0.15) is 116 Å². The van der Waals surface area contributed by atoms with Crippen molar-refractivity contribution < 1.29 is 9.53 Å². The zero-order valence-corrected chi connectivity index (χ0v) is 16.1. The van der Waals surface area contributed by atoms with Crippen LogP contribution in [0.2, 0.25) is 0 Å². The minimum Gasteiger partial charge on any atom is -0.462 e. The Labute approximate surface area is 150 Å². The molecule has 1 saturated heterocycles. The molecule has 0 N–H and O–H groups in total. The summed E-state index contributed by atoms with van der Waals surface area (Å²) in [6.45, 7) is 2.27. The van der Waals surface area contributed by atoms with Crippen molar-refractivity contribution in [3.63, 3.8) is 0 Å². The second-order valence-electron chi connectivity index (χ2n) is 7.38. The number of carbonyl (C=O) groups is 1. The predicted molar refractivity (Wildman–Crippen MR) is 103 cm³/mol. The van der Waals surface area contributed by atoms with Crippen LogP contribution >= 0.6 is 0 Å². The fourth-order valence-electron chi connectivity index (χ4n) is 3.42. The van der Waals surface area contributed by atoms with Crippen molar-refractivity contribution in [3.05, 3.63) is 12.2 Å². The molecule has 1 unspecified atom stereocenters. The van der Waals surface area contributed by atoms with Gasteiger partial charge in [0, 0.05) is 6.42 Å². The number of cyclic esters (lactones) is 1. The second-order valence-corrected chi connectivity index (χ2v) is 7.38. The minimum atomic E-state index is 0.0130. The van der Waals surface area contributed by atoms with Gasteiger partial charge in [-0.2, -0.15) is 0 Å². The molecular weight excluding hydrogens is 296 g/mol. The summed E-state index contributed by atoms with van der Waals surface area (Å²) in [5, 5.41) is 0. The van der Waals surface area contributed by atoms with Crippen LogP contribution in [-0.2, 0) is 9.53 Å². The Morgan fingerprint density at radius 3 is 2.08 bits per heavy atom. The summed E-state index contributed by atoms with van der Waals surface area (Å²) in [5.74, 6) is 0.0130. The third kappa shape index (κ3) is 12.6. The van der Waals surface area contributed by atoms with Crippen molar-refractivity contribution in [3.8, 4) is 0 Å². The lowest BCUT2D eigenvalue weighted by Crippen LogP contribution is -2.23. The van der Waals surface area contributed by atoms with Gasteiger partial charge in [0.05, 0.1) is 0 Å². The van der Waals surface area contributed by atoms with Gasteiger partial charge in [-0.1, -0.05) is 70.4 Å². The van der Waals surface area contributed by atoms with Crippen molar-refractivity contribution >= 4 is 5.97 Å². The highest BCUT2D eigenvalue weighted by Crippen LogP contribution is 2.19. The molecule has 2 heteroatoms. The molecule has 0 radical (unpaired) electrons. The maximum absolute atomic E-state index is 11.2. The van der Waals surface area contributed by atoms with Crippen molar-refractivity contribution in [2.45, 2.75) is 122 Å². The Hall–Kier alpha value is -0.790. The molecule has 1 aliphatic rings. The number of unbranched alkanes of at least 4 members (excludes halogenated alkanes) is 11. The number of esters is 1. The molecule has 1 heterocycles. The van der Waals surface area contributed by atoms with E-state index >= 15 is 0 Å². The number of allylic oxidation sites excluding steroid dienone is 2. The molecule has 24 heavy (non-hydrogen) atoms. The average Bonchev–Trinajstić information content (AvgIpc) is 2.58. The number of rotatable bonds is 15. The number of carbonyl (C=O) groups excluding carboxylic acids is 1. The first-order valence-electron chi connectivity index (χ1n) is 10.7. The third-order valence-electron chi connectivity index (χ3n) is 4.99. The van der Waals surface area contributed by atoms with E-state index in [1.165, 1.54) is 83.5 Å². The SMILES string of the molecule is CCCCCCCC/C=C\CCCCCCCC1CCCC(=O)O1. The van der Waals surface area contributed by atoms with Crippen LogP contribution in [-0.4, -0.2) is 12.1 Å². The zero-order chi connectivity index (χ0) is 17.3. The first-order chi connectivity index (χ1) is 11.8. The smallest absolute Gasteiger partial charge is 0.306 e. The monoisotopic (exact) mass is 336 g/mol. The minimum absolute atomic E-state index is 0.0130. The molecule has 0 aromatic heterocycles. The fraction of sp³-hybridized carbons (Fsp3) is 0.864. The van der Waals surface area contributed by atoms with Crippen molar-refractivity contribution in [2.75, 3.05) is 0 Å². The Morgan fingerprint density at radius 1 is 0.875 bits per heavy atom. The zero-order valence-electron chi connectivity index (χ0n) is 16.1. The fourth-order valence-corrected chi connectivity index (χ4v) is 3.42. The Balaban J connectivity index is 1.77. The summed E-state index contributed by atoms with van der Waals surface area (Å²) in [6, 6.07) is 0. The van der Waals surface area contributed by atoms with Crippen molar-refractivity contribution in [1.82, 2.24) is 0 Å². The summed E-state index contributed by atoms with van der Waals surface area (Å²) in [4.78, 5) is 11.2. The number of hydrogen-bond acceptors (Lipinski definition) is 2. The Kier molecular flexibility index (Phi) is 13.9. The van der Waals surface area contributed by atoms with Crippen molar-refractivity contribution in [1.29, 1.82) is 0 Å². The van der Waals surface area contributed by atoms with Crippen LogP contribution in [0.5, 0.6) is 0 Å². The van der Waals surface area contributed by atoms with Crippen LogP contribution in [0.25, 0.3) is 0 Å². The summed E-state index contributed by atoms with van der Waals surface area (Å²) in [7, 11) is 0. The standard InChI is InChI=1S/C22H40O2/c1-2-3-4-5-6-7-8-9-10-11-12-13-14-15-16-18-21-19-17-20-22(23)24-21/h9-10,21H,2-8,11-20H2,1H3/b10-9-. The van der Waals surface area contributed by atoms with Crippen LogP contribution in [0.4, 0.5) is 0 Å². The van der Waals surface area contributed by atoms with Crippen LogP contribution < -0.4 is 0 Å². The quantitative estimate of drug-likeness (QED) is 0.181. The molecule has 2 nitrogen and oxygen atoms in total. The maximum atomic E-state index is 11.2. The molecule has 1 aliphatic heterocycles. The van der Waals surface area contributed by atoms with E-state index in [1.807, 2.05) is 0 Å². The van der Waals surface area contributed by atoms with Gasteiger partial charge in [-0.3, -0.25) is 4.79 Å². The molecule has 0 bridgehead atoms. The van der Waals surface area contributed by atoms with Gasteiger partial charge in [0.25, 0.3) is 0 Å². The highest BCUT2D eigenvalue weighted by Gasteiger charge is 2.19. The van der Waals surface area contributed by atoms with Gasteiger partial charge >= 0.3 is 5.97 Å². The largest absolute Gasteiger partial charge is 0.462 e. The summed E-state index contributed by atoms with van der Waals surface area (Å²) in [6.07, 6.45) is 26.2. The highest BCUT2D eigenvalue weighted by atomic mass is 16.5. The van der Waals surface area contributed by atoms with E-state index in [1.54, 1.807) is 0 Å². The molecule has 140 valence electrons. The van der Waals surface area contributed by atoms with Gasteiger partial charge < -0.3 is 4.74 Å². The summed E-state index contributed by atoms with van der Waals surface area (Å²) in [5.41, 5.74) is 0. The van der Waals surface area contributed by atoms with Crippen molar-refractivity contribution in [2.24, 2.45) is 0 Å². The topological polar surface area (TPSA) is 26.3 Å². The Morgan fingerprint density at radius 2 is 1.46 bits per heavy atom. The van der Waals surface area contributed by atoms with Crippen LogP contribution in [0, 0.1) is 0 Å². The third-order valence-corrected chi connectivity index (χ3v) is 4.99. The molecule has 0 saturated carbocycles.